The second-order valence-corrected chi connectivity index (χ2v) is 8.57. The molecule has 2 heterocycles. The number of nitrogens with one attached hydrogen (secondary N) is 2. The number of amides is 3. The highest BCUT2D eigenvalue weighted by atomic mass is 16.5. The van der Waals surface area contributed by atoms with Crippen molar-refractivity contribution in [3.8, 4) is 17.1 Å². The van der Waals surface area contributed by atoms with Crippen molar-refractivity contribution in [1.29, 1.82) is 0 Å². The highest BCUT2D eigenvalue weighted by molar-refractivity contribution is 5.95. The van der Waals surface area contributed by atoms with E-state index in [0.717, 1.165) is 37.1 Å². The summed E-state index contributed by atoms with van der Waals surface area (Å²) in [5, 5.41) is 9.31. The first kappa shape index (κ1) is 25.0. The molecule has 0 aliphatic carbocycles. The molecule has 3 aromatic rings. The third-order valence-corrected chi connectivity index (χ3v) is 6.06. The number of carbonyl (C=O) groups excluding carboxylic acids is 3. The Hall–Kier alpha value is -4.14. The fourth-order valence-corrected chi connectivity index (χ4v) is 4.11. The summed E-state index contributed by atoms with van der Waals surface area (Å²) in [5.74, 6) is 0.122. The number of rotatable bonds is 10. The Labute approximate surface area is 209 Å². The van der Waals surface area contributed by atoms with Gasteiger partial charge in [0.25, 0.3) is 11.8 Å². The smallest absolute Gasteiger partial charge is 0.273 e. The van der Waals surface area contributed by atoms with E-state index in [-0.39, 0.29) is 36.7 Å². The van der Waals surface area contributed by atoms with Gasteiger partial charge in [-0.15, -0.1) is 0 Å². The molecule has 3 amide bonds. The van der Waals surface area contributed by atoms with Crippen molar-refractivity contribution in [2.24, 2.45) is 0 Å². The highest BCUT2D eigenvalue weighted by Gasteiger charge is 2.21. The summed E-state index contributed by atoms with van der Waals surface area (Å²) in [7, 11) is 0. The van der Waals surface area contributed by atoms with Crippen molar-refractivity contribution in [3.63, 3.8) is 0 Å². The lowest BCUT2D eigenvalue weighted by atomic mass is 10.0. The van der Waals surface area contributed by atoms with Gasteiger partial charge in [-0.05, 0) is 25.3 Å². The van der Waals surface area contributed by atoms with Crippen LogP contribution in [0, 0.1) is 0 Å². The van der Waals surface area contributed by atoms with Crippen molar-refractivity contribution in [2.45, 2.75) is 32.2 Å². The molecule has 1 aliphatic rings. The average Bonchev–Trinajstić information content (AvgIpc) is 3.63. The summed E-state index contributed by atoms with van der Waals surface area (Å²) in [6, 6.07) is 17.8. The van der Waals surface area contributed by atoms with Gasteiger partial charge in [0.05, 0.1) is 12.6 Å². The van der Waals surface area contributed by atoms with Gasteiger partial charge in [0.15, 0.2) is 18.1 Å². The van der Waals surface area contributed by atoms with Crippen LogP contribution in [0.1, 0.15) is 48.3 Å². The second kappa shape index (κ2) is 12.0. The molecule has 0 radical (unpaired) electrons. The van der Waals surface area contributed by atoms with E-state index >= 15 is 0 Å². The number of aromatic nitrogens is 1. The molecule has 1 atom stereocenters. The molecular formula is C27H30N4O5. The molecular weight excluding hydrogens is 460 g/mol. The van der Waals surface area contributed by atoms with Crippen LogP contribution in [-0.2, 0) is 9.59 Å². The fourth-order valence-electron chi connectivity index (χ4n) is 4.11. The van der Waals surface area contributed by atoms with Gasteiger partial charge >= 0.3 is 0 Å². The first-order chi connectivity index (χ1) is 17.5. The normalized spacial score (nSPS) is 13.8. The fraction of sp³-hybridized carbons (Fsp3) is 0.333. The number of nitrogens with zero attached hydrogens (tertiary/aromatic N) is 2. The third-order valence-electron chi connectivity index (χ3n) is 6.06. The minimum absolute atomic E-state index is 0.0367. The molecule has 2 N–H and O–H groups in total. The van der Waals surface area contributed by atoms with Crippen LogP contribution in [0.25, 0.3) is 11.3 Å². The van der Waals surface area contributed by atoms with E-state index in [4.69, 9.17) is 9.26 Å². The SMILES string of the molecule is CCC(NC(=O)CNC(=O)c1cc(-c2ccccc2)on1)c1ccccc1OCC(=O)N1CCCC1. The van der Waals surface area contributed by atoms with E-state index in [1.54, 1.807) is 6.07 Å². The van der Waals surface area contributed by atoms with Gasteiger partial charge in [0.2, 0.25) is 5.91 Å². The molecule has 0 spiro atoms. The van der Waals surface area contributed by atoms with E-state index in [2.05, 4.69) is 15.8 Å². The first-order valence-electron chi connectivity index (χ1n) is 12.1. The third kappa shape index (κ3) is 6.29. The monoisotopic (exact) mass is 490 g/mol. The minimum Gasteiger partial charge on any atom is -0.483 e. The number of ether oxygens (including phenoxy) is 1. The Kier molecular flexibility index (Phi) is 8.33. The summed E-state index contributed by atoms with van der Waals surface area (Å²) in [6.07, 6.45) is 2.64. The number of likely N-dealkylation sites (tertiary alicyclic amines) is 1. The maximum Gasteiger partial charge on any atom is 0.273 e. The molecule has 4 rings (SSSR count). The zero-order valence-electron chi connectivity index (χ0n) is 20.2. The van der Waals surface area contributed by atoms with E-state index < -0.39 is 5.91 Å². The number of hydrogen-bond acceptors (Lipinski definition) is 6. The zero-order valence-corrected chi connectivity index (χ0v) is 20.2. The second-order valence-electron chi connectivity index (χ2n) is 8.57. The number of carbonyl (C=O) groups is 3. The van der Waals surface area contributed by atoms with Crippen LogP contribution >= 0.6 is 0 Å². The van der Waals surface area contributed by atoms with Gasteiger partial charge < -0.3 is 24.8 Å². The van der Waals surface area contributed by atoms with Crippen LogP contribution in [0.2, 0.25) is 0 Å². The minimum atomic E-state index is -0.506. The standard InChI is InChI=1S/C27H30N4O5/c1-2-21(20-12-6-7-13-23(20)35-18-26(33)31-14-8-9-15-31)29-25(32)17-28-27(34)22-16-24(36-30-22)19-10-4-3-5-11-19/h3-7,10-13,16,21H,2,8-9,14-15,17-18H2,1H3,(H,28,34)(H,29,32). The molecule has 9 heteroatoms. The Morgan fingerprint density at radius 1 is 1.06 bits per heavy atom. The summed E-state index contributed by atoms with van der Waals surface area (Å²) < 4.78 is 11.1. The van der Waals surface area contributed by atoms with E-state index in [9.17, 15) is 14.4 Å². The molecule has 1 aliphatic heterocycles. The van der Waals surface area contributed by atoms with Crippen LogP contribution in [-0.4, -0.2) is 54.0 Å². The van der Waals surface area contributed by atoms with Gasteiger partial charge in [0.1, 0.15) is 5.75 Å². The Morgan fingerprint density at radius 2 is 1.78 bits per heavy atom. The van der Waals surface area contributed by atoms with Crippen molar-refractivity contribution in [2.75, 3.05) is 26.2 Å². The molecule has 1 saturated heterocycles. The topological polar surface area (TPSA) is 114 Å². The van der Waals surface area contributed by atoms with Gasteiger partial charge in [-0.2, -0.15) is 0 Å². The predicted octanol–water partition coefficient (Wildman–Crippen LogP) is 3.34. The molecule has 2 aromatic carbocycles. The van der Waals surface area contributed by atoms with Crippen LogP contribution in [0.3, 0.4) is 0 Å². The van der Waals surface area contributed by atoms with Crippen molar-refractivity contribution < 1.29 is 23.6 Å². The van der Waals surface area contributed by atoms with Crippen LogP contribution in [0.4, 0.5) is 0 Å². The molecule has 1 aromatic heterocycles. The molecule has 1 fully saturated rings. The lowest BCUT2D eigenvalue weighted by Crippen LogP contribution is -2.38. The van der Waals surface area contributed by atoms with Gasteiger partial charge in [-0.1, -0.05) is 60.6 Å². The van der Waals surface area contributed by atoms with Crippen molar-refractivity contribution >= 4 is 17.7 Å². The van der Waals surface area contributed by atoms with Gasteiger partial charge in [-0.25, -0.2) is 0 Å². The Bertz CT molecular complexity index is 1190. The first-order valence-corrected chi connectivity index (χ1v) is 12.1. The molecule has 36 heavy (non-hydrogen) atoms. The largest absolute Gasteiger partial charge is 0.483 e. The summed E-state index contributed by atoms with van der Waals surface area (Å²) in [4.78, 5) is 39.3. The van der Waals surface area contributed by atoms with Crippen molar-refractivity contribution in [3.05, 3.63) is 71.9 Å². The molecule has 188 valence electrons. The van der Waals surface area contributed by atoms with Gasteiger partial charge in [0, 0.05) is 30.3 Å². The maximum absolute atomic E-state index is 12.6. The summed E-state index contributed by atoms with van der Waals surface area (Å²) in [5.41, 5.74) is 1.67. The summed E-state index contributed by atoms with van der Waals surface area (Å²) in [6.45, 7) is 3.21. The zero-order chi connectivity index (χ0) is 25.3. The highest BCUT2D eigenvalue weighted by Crippen LogP contribution is 2.27. The predicted molar refractivity (Wildman–Crippen MR) is 133 cm³/mol. The van der Waals surface area contributed by atoms with Crippen LogP contribution in [0.5, 0.6) is 5.75 Å². The average molecular weight is 491 g/mol. The molecule has 0 saturated carbocycles. The number of para-hydroxylation sites is 1. The Balaban J connectivity index is 1.31. The van der Waals surface area contributed by atoms with E-state index in [1.165, 1.54) is 6.07 Å². The number of benzene rings is 2. The molecule has 1 unspecified atom stereocenters. The summed E-state index contributed by atoms with van der Waals surface area (Å²) >= 11 is 0. The van der Waals surface area contributed by atoms with Crippen LogP contribution in [0.15, 0.2) is 65.2 Å². The van der Waals surface area contributed by atoms with Crippen LogP contribution < -0.4 is 15.4 Å². The lowest BCUT2D eigenvalue weighted by molar-refractivity contribution is -0.132. The molecule has 0 bridgehead atoms. The Morgan fingerprint density at radius 3 is 2.53 bits per heavy atom. The van der Waals surface area contributed by atoms with Gasteiger partial charge in [-0.3, -0.25) is 14.4 Å². The number of hydrogen-bond donors (Lipinski definition) is 2. The lowest BCUT2D eigenvalue weighted by Gasteiger charge is -2.21. The van der Waals surface area contributed by atoms with E-state index in [1.807, 2.05) is 60.4 Å². The molecule has 9 nitrogen and oxygen atoms in total. The quantitative estimate of drug-likeness (QED) is 0.451. The maximum atomic E-state index is 12.6. The van der Waals surface area contributed by atoms with Crippen molar-refractivity contribution in [1.82, 2.24) is 20.7 Å². The van der Waals surface area contributed by atoms with E-state index in [0.29, 0.717) is 17.9 Å².